The molecular weight excluding hydrogens is 586 g/mol. The monoisotopic (exact) mass is 637 g/mol. The van der Waals surface area contributed by atoms with E-state index in [-0.39, 0.29) is 22.9 Å². The first-order valence-corrected chi connectivity index (χ1v) is 19.4. The topological polar surface area (TPSA) is 116 Å². The van der Waals surface area contributed by atoms with E-state index < -0.39 is 25.8 Å². The highest BCUT2D eigenvalue weighted by Crippen LogP contribution is 2.30. The number of esters is 1. The highest BCUT2D eigenvalue weighted by atomic mass is 32.2. The van der Waals surface area contributed by atoms with Crippen LogP contribution in [0.2, 0.25) is 0 Å². The van der Waals surface area contributed by atoms with Crippen molar-refractivity contribution < 1.29 is 31.1 Å². The average Bonchev–Trinajstić information content (AvgIpc) is 2.93. The third-order valence-electron chi connectivity index (χ3n) is 7.37. The molecule has 0 amide bonds. The molecule has 2 aromatic carbocycles. The predicted molar refractivity (Wildman–Crippen MR) is 174 cm³/mol. The summed E-state index contributed by atoms with van der Waals surface area (Å²) in [5, 5.41) is 0. The van der Waals surface area contributed by atoms with Crippen LogP contribution in [0.5, 0.6) is 5.75 Å². The number of sulfone groups is 1. The van der Waals surface area contributed by atoms with E-state index in [0.29, 0.717) is 12.2 Å². The number of hydrogen-bond acceptors (Lipinski definition) is 7. The van der Waals surface area contributed by atoms with Crippen LogP contribution in [0.4, 0.5) is 5.69 Å². The van der Waals surface area contributed by atoms with Crippen molar-refractivity contribution in [1.82, 2.24) is 0 Å². The van der Waals surface area contributed by atoms with Gasteiger partial charge in [0.05, 0.1) is 29.0 Å². The van der Waals surface area contributed by atoms with E-state index in [4.69, 9.17) is 9.47 Å². The minimum atomic E-state index is -3.68. The largest absolute Gasteiger partial charge is 0.487 e. The summed E-state index contributed by atoms with van der Waals surface area (Å²) >= 11 is 0. The molecule has 10 heteroatoms. The molecule has 0 spiro atoms. The Hall–Kier alpha value is -2.59. The summed E-state index contributed by atoms with van der Waals surface area (Å²) in [5.41, 5.74) is 2.04. The Morgan fingerprint density at radius 2 is 1.30 bits per heavy atom. The molecule has 8 nitrogen and oxygen atoms in total. The fraction of sp³-hybridized carbons (Fsp3) is 0.606. The summed E-state index contributed by atoms with van der Waals surface area (Å²) in [6.45, 7) is 4.56. The second-order valence-electron chi connectivity index (χ2n) is 11.5. The van der Waals surface area contributed by atoms with Crippen LogP contribution < -0.4 is 9.46 Å². The number of hydrogen-bond donors (Lipinski definition) is 1. The van der Waals surface area contributed by atoms with Crippen LogP contribution in [0.15, 0.2) is 41.3 Å². The summed E-state index contributed by atoms with van der Waals surface area (Å²) in [4.78, 5) is 12.6. The van der Waals surface area contributed by atoms with Gasteiger partial charge >= 0.3 is 5.97 Å². The number of carbonyl (C=O) groups excluding carboxylic acids is 1. The second kappa shape index (κ2) is 18.9. The lowest BCUT2D eigenvalue weighted by atomic mass is 10.0. The van der Waals surface area contributed by atoms with Crippen molar-refractivity contribution in [3.63, 3.8) is 0 Å². The Bertz CT molecular complexity index is 1360. The molecule has 0 bridgehead atoms. The molecule has 0 aliphatic heterocycles. The molecule has 2 rings (SSSR count). The molecule has 0 aliphatic carbocycles. The highest BCUT2D eigenvalue weighted by Gasteiger charge is 2.16. The standard InChI is InChI=1S/C33H51NO7S2/c1-5-6-7-8-9-10-11-12-13-14-15-16-17-18-23-40-33(35)28-20-19-27(2)29(24-28)26-41-32-22-21-30(42(3,36)37)25-31(32)34-43(4,38)39/h19-22,24-25,34H,5-18,23,26H2,1-4H3. The van der Waals surface area contributed by atoms with Gasteiger partial charge < -0.3 is 9.47 Å². The summed E-state index contributed by atoms with van der Waals surface area (Å²) < 4.78 is 61.3. The Morgan fingerprint density at radius 1 is 0.744 bits per heavy atom. The molecule has 0 aliphatic rings. The van der Waals surface area contributed by atoms with Gasteiger partial charge in [0.1, 0.15) is 12.4 Å². The van der Waals surface area contributed by atoms with Gasteiger partial charge in [0.2, 0.25) is 10.0 Å². The molecule has 0 atom stereocenters. The number of rotatable bonds is 22. The number of carbonyl (C=O) groups is 1. The molecule has 0 unspecified atom stereocenters. The lowest BCUT2D eigenvalue weighted by molar-refractivity contribution is 0.0497. The van der Waals surface area contributed by atoms with E-state index in [1.165, 1.54) is 88.8 Å². The van der Waals surface area contributed by atoms with Crippen molar-refractivity contribution in [2.24, 2.45) is 0 Å². The van der Waals surface area contributed by atoms with Crippen LogP contribution in [0.3, 0.4) is 0 Å². The number of ether oxygens (including phenoxy) is 2. The Kier molecular flexibility index (Phi) is 16.1. The summed E-state index contributed by atoms with van der Waals surface area (Å²) in [7, 11) is -7.23. The average molecular weight is 638 g/mol. The van der Waals surface area contributed by atoms with E-state index in [0.717, 1.165) is 42.9 Å². The van der Waals surface area contributed by atoms with Crippen molar-refractivity contribution in [1.29, 1.82) is 0 Å². The highest BCUT2D eigenvalue weighted by molar-refractivity contribution is 7.92. The van der Waals surface area contributed by atoms with Gasteiger partial charge in [-0.05, 0) is 54.8 Å². The number of unbranched alkanes of at least 4 members (excludes halogenated alkanes) is 13. The normalized spacial score (nSPS) is 11.8. The van der Waals surface area contributed by atoms with Crippen molar-refractivity contribution in [2.75, 3.05) is 23.8 Å². The van der Waals surface area contributed by atoms with E-state index in [1.807, 2.05) is 13.0 Å². The van der Waals surface area contributed by atoms with E-state index >= 15 is 0 Å². The predicted octanol–water partition coefficient (Wildman–Crippen LogP) is 7.99. The fourth-order valence-corrected chi connectivity index (χ4v) is 6.01. The molecular formula is C33H51NO7S2. The van der Waals surface area contributed by atoms with Crippen molar-refractivity contribution in [2.45, 2.75) is 115 Å². The lowest BCUT2D eigenvalue weighted by Crippen LogP contribution is -2.12. The molecule has 0 saturated heterocycles. The second-order valence-corrected chi connectivity index (χ2v) is 15.2. The summed E-state index contributed by atoms with van der Waals surface area (Å²) in [6, 6.07) is 9.22. The van der Waals surface area contributed by atoms with Gasteiger partial charge in [-0.3, -0.25) is 4.72 Å². The van der Waals surface area contributed by atoms with Gasteiger partial charge in [0, 0.05) is 6.26 Å². The van der Waals surface area contributed by atoms with Gasteiger partial charge in [0.15, 0.2) is 9.84 Å². The van der Waals surface area contributed by atoms with Crippen LogP contribution in [0, 0.1) is 6.92 Å². The molecule has 0 saturated carbocycles. The number of nitrogens with one attached hydrogen (secondary N) is 1. The van der Waals surface area contributed by atoms with Gasteiger partial charge in [-0.25, -0.2) is 21.6 Å². The molecule has 0 heterocycles. The smallest absolute Gasteiger partial charge is 0.338 e. The van der Waals surface area contributed by atoms with Crippen molar-refractivity contribution in [3.05, 3.63) is 53.1 Å². The first kappa shape index (κ1) is 36.6. The molecule has 0 aromatic heterocycles. The first-order chi connectivity index (χ1) is 20.4. The zero-order chi connectivity index (χ0) is 31.7. The SMILES string of the molecule is CCCCCCCCCCCCCCCCOC(=O)c1ccc(C)c(COc2ccc(S(C)(=O)=O)cc2NS(C)(=O)=O)c1. The molecule has 43 heavy (non-hydrogen) atoms. The summed E-state index contributed by atoms with van der Waals surface area (Å²) in [6.07, 6.45) is 19.7. The quantitative estimate of drug-likeness (QED) is 0.103. The van der Waals surface area contributed by atoms with Gasteiger partial charge in [-0.15, -0.1) is 0 Å². The third kappa shape index (κ3) is 15.1. The maximum absolute atomic E-state index is 12.7. The van der Waals surface area contributed by atoms with Crippen LogP contribution in [-0.2, 0) is 31.2 Å². The first-order valence-electron chi connectivity index (χ1n) is 15.6. The molecule has 0 radical (unpaired) electrons. The van der Waals surface area contributed by atoms with E-state index in [2.05, 4.69) is 11.6 Å². The third-order valence-corrected chi connectivity index (χ3v) is 9.07. The van der Waals surface area contributed by atoms with Crippen LogP contribution in [-0.4, -0.2) is 41.9 Å². The van der Waals surface area contributed by atoms with Crippen molar-refractivity contribution in [3.8, 4) is 5.75 Å². The summed E-state index contributed by atoms with van der Waals surface area (Å²) in [5.74, 6) is -0.226. The maximum Gasteiger partial charge on any atom is 0.338 e. The van der Waals surface area contributed by atoms with Gasteiger partial charge in [-0.1, -0.05) is 96.5 Å². The van der Waals surface area contributed by atoms with Crippen LogP contribution in [0.1, 0.15) is 118 Å². The van der Waals surface area contributed by atoms with Crippen molar-refractivity contribution >= 4 is 31.5 Å². The minimum absolute atomic E-state index is 0.0202. The zero-order valence-electron chi connectivity index (χ0n) is 26.5. The molecule has 1 N–H and O–H groups in total. The molecule has 0 fully saturated rings. The Balaban J connectivity index is 1.75. The number of anilines is 1. The fourth-order valence-electron chi connectivity index (χ4n) is 4.80. The Labute approximate surface area is 259 Å². The molecule has 242 valence electrons. The van der Waals surface area contributed by atoms with Crippen LogP contribution in [0.25, 0.3) is 0 Å². The molecule has 2 aromatic rings. The van der Waals surface area contributed by atoms with Gasteiger partial charge in [-0.2, -0.15) is 0 Å². The number of benzene rings is 2. The van der Waals surface area contributed by atoms with Gasteiger partial charge in [0.25, 0.3) is 0 Å². The lowest BCUT2D eigenvalue weighted by Gasteiger charge is -2.15. The maximum atomic E-state index is 12.7. The van der Waals surface area contributed by atoms with E-state index in [9.17, 15) is 21.6 Å². The number of aryl methyl sites for hydroxylation is 1. The Morgan fingerprint density at radius 3 is 1.84 bits per heavy atom. The zero-order valence-corrected chi connectivity index (χ0v) is 28.1. The minimum Gasteiger partial charge on any atom is -0.487 e. The number of sulfonamides is 1. The van der Waals surface area contributed by atoms with Crippen LogP contribution >= 0.6 is 0 Å². The van der Waals surface area contributed by atoms with E-state index in [1.54, 1.807) is 12.1 Å².